The standard InChI is InChI=1S/C15H17N3O5S/c1-10(23-15(20)12-8-16-18(2)9-12)14(19)11-4-6-13(7-5-11)17-24(3,21)22/h4-10,17H,1-3H3/t10-/m1/s1. The number of ketones is 1. The van der Waals surface area contributed by atoms with Crippen molar-refractivity contribution >= 4 is 27.5 Å². The van der Waals surface area contributed by atoms with Gasteiger partial charge in [-0.1, -0.05) is 0 Å². The largest absolute Gasteiger partial charge is 0.451 e. The first-order valence-corrected chi connectivity index (χ1v) is 8.86. The van der Waals surface area contributed by atoms with Gasteiger partial charge in [-0.2, -0.15) is 5.10 Å². The molecule has 0 saturated carbocycles. The van der Waals surface area contributed by atoms with Crippen molar-refractivity contribution in [3.05, 3.63) is 47.8 Å². The molecule has 0 amide bonds. The highest BCUT2D eigenvalue weighted by Gasteiger charge is 2.21. The molecule has 0 bridgehead atoms. The molecular weight excluding hydrogens is 334 g/mol. The van der Waals surface area contributed by atoms with Gasteiger partial charge in [0.2, 0.25) is 15.8 Å². The molecular formula is C15H17N3O5S. The molecule has 1 N–H and O–H groups in total. The van der Waals surface area contributed by atoms with Gasteiger partial charge < -0.3 is 4.74 Å². The molecule has 0 aliphatic heterocycles. The van der Waals surface area contributed by atoms with Crippen LogP contribution < -0.4 is 4.72 Å². The number of sulfonamides is 1. The van der Waals surface area contributed by atoms with Gasteiger partial charge in [0.1, 0.15) is 0 Å². The minimum Gasteiger partial charge on any atom is -0.451 e. The van der Waals surface area contributed by atoms with E-state index >= 15 is 0 Å². The van der Waals surface area contributed by atoms with Crippen LogP contribution in [0.15, 0.2) is 36.7 Å². The van der Waals surface area contributed by atoms with Crippen molar-refractivity contribution in [1.29, 1.82) is 0 Å². The molecule has 9 heteroatoms. The van der Waals surface area contributed by atoms with Crippen LogP contribution in [-0.2, 0) is 21.8 Å². The molecule has 0 radical (unpaired) electrons. The number of benzene rings is 1. The van der Waals surface area contributed by atoms with E-state index < -0.39 is 27.9 Å². The Morgan fingerprint density at radius 1 is 1.21 bits per heavy atom. The molecule has 8 nitrogen and oxygen atoms in total. The molecule has 0 aliphatic rings. The number of rotatable bonds is 6. The molecule has 1 atom stereocenters. The number of hydrogen-bond donors (Lipinski definition) is 1. The van der Waals surface area contributed by atoms with Crippen molar-refractivity contribution in [2.45, 2.75) is 13.0 Å². The van der Waals surface area contributed by atoms with Crippen molar-refractivity contribution in [3.63, 3.8) is 0 Å². The fraction of sp³-hybridized carbons (Fsp3) is 0.267. The first-order chi connectivity index (χ1) is 11.2. The summed E-state index contributed by atoms with van der Waals surface area (Å²) in [6.07, 6.45) is 2.90. The lowest BCUT2D eigenvalue weighted by atomic mass is 10.1. The lowest BCUT2D eigenvalue weighted by Crippen LogP contribution is -2.24. The molecule has 2 aromatic rings. The summed E-state index contributed by atoms with van der Waals surface area (Å²) >= 11 is 0. The fourth-order valence-corrected chi connectivity index (χ4v) is 2.52. The summed E-state index contributed by atoms with van der Waals surface area (Å²) in [5.74, 6) is -1.03. The average Bonchev–Trinajstić information content (AvgIpc) is 2.92. The first-order valence-electron chi connectivity index (χ1n) is 6.97. The van der Waals surface area contributed by atoms with E-state index in [0.717, 1.165) is 6.26 Å². The highest BCUT2D eigenvalue weighted by Crippen LogP contribution is 2.14. The van der Waals surface area contributed by atoms with Gasteiger partial charge in [0, 0.05) is 24.5 Å². The van der Waals surface area contributed by atoms with Crippen LogP contribution in [0.4, 0.5) is 5.69 Å². The zero-order valence-electron chi connectivity index (χ0n) is 13.4. The number of ether oxygens (including phenoxy) is 1. The van der Waals surface area contributed by atoms with Crippen molar-refractivity contribution < 1.29 is 22.7 Å². The quantitative estimate of drug-likeness (QED) is 0.619. The van der Waals surface area contributed by atoms with Gasteiger partial charge in [-0.25, -0.2) is 13.2 Å². The smallest absolute Gasteiger partial charge is 0.342 e. The van der Waals surface area contributed by atoms with Crippen molar-refractivity contribution in [2.24, 2.45) is 7.05 Å². The number of aryl methyl sites for hydroxylation is 1. The van der Waals surface area contributed by atoms with Crippen molar-refractivity contribution in [1.82, 2.24) is 9.78 Å². The molecule has 2 rings (SSSR count). The highest BCUT2D eigenvalue weighted by atomic mass is 32.2. The van der Waals surface area contributed by atoms with Gasteiger partial charge in [0.05, 0.1) is 18.0 Å². The van der Waals surface area contributed by atoms with Crippen LogP contribution in [-0.4, -0.2) is 42.3 Å². The Morgan fingerprint density at radius 3 is 2.33 bits per heavy atom. The number of carbonyl (C=O) groups is 2. The van der Waals surface area contributed by atoms with Gasteiger partial charge in [-0.15, -0.1) is 0 Å². The van der Waals surface area contributed by atoms with Crippen LogP contribution in [0.2, 0.25) is 0 Å². The number of carbonyl (C=O) groups excluding carboxylic acids is 2. The summed E-state index contributed by atoms with van der Waals surface area (Å²) < 4.78 is 31.2. The van der Waals surface area contributed by atoms with Crippen LogP contribution in [0.1, 0.15) is 27.6 Å². The Morgan fingerprint density at radius 2 is 1.83 bits per heavy atom. The summed E-state index contributed by atoms with van der Waals surface area (Å²) in [7, 11) is -1.72. The topological polar surface area (TPSA) is 107 Å². The van der Waals surface area contributed by atoms with E-state index in [1.165, 1.54) is 48.3 Å². The third-order valence-electron chi connectivity index (χ3n) is 3.07. The predicted molar refractivity (Wildman–Crippen MR) is 87.3 cm³/mol. The van der Waals surface area contributed by atoms with Crippen molar-refractivity contribution in [3.8, 4) is 0 Å². The lowest BCUT2D eigenvalue weighted by molar-refractivity contribution is 0.0318. The summed E-state index contributed by atoms with van der Waals surface area (Å²) in [5, 5.41) is 3.86. The monoisotopic (exact) mass is 351 g/mol. The van der Waals surface area contributed by atoms with Gasteiger partial charge in [0.15, 0.2) is 6.10 Å². The lowest BCUT2D eigenvalue weighted by Gasteiger charge is -2.12. The van der Waals surface area contributed by atoms with E-state index in [9.17, 15) is 18.0 Å². The molecule has 0 unspecified atom stereocenters. The maximum Gasteiger partial charge on any atom is 0.342 e. The SMILES string of the molecule is C[C@@H](OC(=O)c1cnn(C)c1)C(=O)c1ccc(NS(C)(=O)=O)cc1. The molecule has 0 aliphatic carbocycles. The third kappa shape index (κ3) is 4.66. The van der Waals surface area contributed by atoms with Gasteiger partial charge >= 0.3 is 5.97 Å². The Balaban J connectivity index is 2.03. The number of anilines is 1. The molecule has 0 saturated heterocycles. The minimum atomic E-state index is -3.38. The number of aromatic nitrogens is 2. The van der Waals surface area contributed by atoms with E-state index in [1.54, 1.807) is 7.05 Å². The fourth-order valence-electron chi connectivity index (χ4n) is 1.96. The van der Waals surface area contributed by atoms with E-state index in [1.807, 2.05) is 0 Å². The van der Waals surface area contributed by atoms with Crippen LogP contribution in [0.25, 0.3) is 0 Å². The van der Waals surface area contributed by atoms with Gasteiger partial charge in [0.25, 0.3) is 0 Å². The summed E-state index contributed by atoms with van der Waals surface area (Å²) in [5.41, 5.74) is 0.902. The van der Waals surface area contributed by atoms with Crippen LogP contribution in [0.5, 0.6) is 0 Å². The predicted octanol–water partition coefficient (Wildman–Crippen LogP) is 1.22. The van der Waals surface area contributed by atoms with Crippen LogP contribution in [0, 0.1) is 0 Å². The maximum absolute atomic E-state index is 12.3. The normalized spacial score (nSPS) is 12.5. The van der Waals surface area contributed by atoms with Gasteiger partial charge in [-0.3, -0.25) is 14.2 Å². The molecule has 24 heavy (non-hydrogen) atoms. The maximum atomic E-state index is 12.3. The third-order valence-corrected chi connectivity index (χ3v) is 3.67. The van der Waals surface area contributed by atoms with E-state index in [0.29, 0.717) is 11.3 Å². The molecule has 1 heterocycles. The van der Waals surface area contributed by atoms with E-state index in [-0.39, 0.29) is 5.56 Å². The zero-order chi connectivity index (χ0) is 17.9. The molecule has 1 aromatic heterocycles. The van der Waals surface area contributed by atoms with Gasteiger partial charge in [-0.05, 0) is 31.2 Å². The average molecular weight is 351 g/mol. The second-order valence-corrected chi connectivity index (χ2v) is 7.01. The number of nitrogens with one attached hydrogen (secondary N) is 1. The number of Topliss-reactive ketones (excluding diaryl/α,β-unsaturated/α-hetero) is 1. The first kappa shape index (κ1) is 17.7. The zero-order valence-corrected chi connectivity index (χ0v) is 14.2. The van der Waals surface area contributed by atoms with Crippen LogP contribution >= 0.6 is 0 Å². The number of hydrogen-bond acceptors (Lipinski definition) is 6. The Hall–Kier alpha value is -2.68. The second-order valence-electron chi connectivity index (χ2n) is 5.27. The Labute approximate surface area is 139 Å². The molecule has 1 aromatic carbocycles. The minimum absolute atomic E-state index is 0.254. The summed E-state index contributed by atoms with van der Waals surface area (Å²) in [6, 6.07) is 5.85. The van der Waals surface area contributed by atoms with E-state index in [4.69, 9.17) is 4.74 Å². The molecule has 0 fully saturated rings. The highest BCUT2D eigenvalue weighted by molar-refractivity contribution is 7.92. The number of nitrogens with zero attached hydrogens (tertiary/aromatic N) is 2. The molecule has 0 spiro atoms. The van der Waals surface area contributed by atoms with Crippen molar-refractivity contribution in [2.75, 3.05) is 11.0 Å². The Bertz CT molecular complexity index is 855. The summed E-state index contributed by atoms with van der Waals surface area (Å²) in [4.78, 5) is 24.2. The second kappa shape index (κ2) is 6.83. The Kier molecular flexibility index (Phi) is 5.03. The number of esters is 1. The summed E-state index contributed by atoms with van der Waals surface area (Å²) in [6.45, 7) is 1.47. The van der Waals surface area contributed by atoms with Crippen LogP contribution in [0.3, 0.4) is 0 Å². The molecule has 128 valence electrons. The van der Waals surface area contributed by atoms with E-state index in [2.05, 4.69) is 9.82 Å².